The second-order valence-electron chi connectivity index (χ2n) is 3.43. The van der Waals surface area contributed by atoms with E-state index >= 15 is 0 Å². The van der Waals surface area contributed by atoms with Gasteiger partial charge in [-0.1, -0.05) is 0 Å². The topological polar surface area (TPSA) is 111 Å². The lowest BCUT2D eigenvalue weighted by atomic mass is 10.2. The summed E-state index contributed by atoms with van der Waals surface area (Å²) in [7, 11) is 0. The summed E-state index contributed by atoms with van der Waals surface area (Å²) in [6.45, 7) is 1.62. The van der Waals surface area contributed by atoms with Crippen molar-refractivity contribution < 1.29 is 14.7 Å². The maximum absolute atomic E-state index is 11.7. The number of aromatic amines is 2. The number of anilines is 1. The van der Waals surface area contributed by atoms with Crippen LogP contribution in [0.2, 0.25) is 0 Å². The Hall–Kier alpha value is -2.57. The molecule has 2 aromatic heterocycles. The molecule has 7 heteroatoms. The van der Waals surface area contributed by atoms with Gasteiger partial charge < -0.3 is 15.4 Å². The van der Waals surface area contributed by atoms with E-state index in [0.29, 0.717) is 5.69 Å². The summed E-state index contributed by atoms with van der Waals surface area (Å²) >= 11 is 0. The number of carboxylic acids is 1. The number of nitrogens with one attached hydrogen (secondary N) is 3. The molecular weight excluding hydrogens is 224 g/mol. The highest BCUT2D eigenvalue weighted by molar-refractivity contribution is 6.07. The first-order chi connectivity index (χ1) is 8.09. The summed E-state index contributed by atoms with van der Waals surface area (Å²) < 4.78 is 0. The fourth-order valence-electron chi connectivity index (χ4n) is 1.47. The van der Waals surface area contributed by atoms with E-state index < -0.39 is 11.9 Å². The van der Waals surface area contributed by atoms with Gasteiger partial charge in [0.15, 0.2) is 0 Å². The van der Waals surface area contributed by atoms with Gasteiger partial charge in [0.05, 0.1) is 5.69 Å². The normalized spacial score (nSPS) is 10.2. The van der Waals surface area contributed by atoms with Crippen LogP contribution in [0.4, 0.5) is 5.69 Å². The standard InChI is InChI=1S/C10H10N4O3/c1-5-8(10(16)17)7(4-11-5)13-9(15)6-2-3-12-14-6/h2-4,11H,1H3,(H,12,14)(H,13,15)(H,16,17). The Morgan fingerprint density at radius 2 is 2.24 bits per heavy atom. The molecule has 0 saturated heterocycles. The number of rotatable bonds is 3. The van der Waals surface area contributed by atoms with Crippen molar-refractivity contribution in [1.29, 1.82) is 0 Å². The number of carboxylic acid groups (broad SMARTS) is 1. The highest BCUT2D eigenvalue weighted by Gasteiger charge is 2.17. The van der Waals surface area contributed by atoms with Gasteiger partial charge in [0.2, 0.25) is 0 Å². The van der Waals surface area contributed by atoms with Crippen molar-refractivity contribution in [2.24, 2.45) is 0 Å². The van der Waals surface area contributed by atoms with Crippen molar-refractivity contribution in [2.75, 3.05) is 5.32 Å². The third kappa shape index (κ3) is 2.03. The van der Waals surface area contributed by atoms with Crippen LogP contribution >= 0.6 is 0 Å². The summed E-state index contributed by atoms with van der Waals surface area (Å²) in [6, 6.07) is 1.50. The molecule has 2 rings (SSSR count). The minimum atomic E-state index is -1.09. The van der Waals surface area contributed by atoms with Gasteiger partial charge in [0, 0.05) is 18.1 Å². The van der Waals surface area contributed by atoms with E-state index in [0.717, 1.165) is 0 Å². The molecule has 0 bridgehead atoms. The van der Waals surface area contributed by atoms with E-state index in [2.05, 4.69) is 20.5 Å². The van der Waals surface area contributed by atoms with Crippen LogP contribution in [0, 0.1) is 6.92 Å². The molecule has 0 aliphatic rings. The van der Waals surface area contributed by atoms with Gasteiger partial charge in [0.1, 0.15) is 11.3 Å². The van der Waals surface area contributed by atoms with E-state index in [-0.39, 0.29) is 16.9 Å². The Morgan fingerprint density at radius 3 is 2.82 bits per heavy atom. The summed E-state index contributed by atoms with van der Waals surface area (Å²) in [5, 5.41) is 17.6. The lowest BCUT2D eigenvalue weighted by Crippen LogP contribution is -2.14. The minimum absolute atomic E-state index is 0.0536. The average Bonchev–Trinajstić information content (AvgIpc) is 2.87. The van der Waals surface area contributed by atoms with E-state index in [1.807, 2.05) is 0 Å². The molecule has 4 N–H and O–H groups in total. The molecule has 0 fully saturated rings. The Kier molecular flexibility index (Phi) is 2.65. The van der Waals surface area contributed by atoms with Crippen LogP contribution < -0.4 is 5.32 Å². The fraction of sp³-hybridized carbons (Fsp3) is 0.100. The second-order valence-corrected chi connectivity index (χ2v) is 3.43. The Labute approximate surface area is 95.9 Å². The average molecular weight is 234 g/mol. The lowest BCUT2D eigenvalue weighted by Gasteiger charge is -2.02. The molecular formula is C10H10N4O3. The molecule has 0 aliphatic heterocycles. The molecule has 88 valence electrons. The van der Waals surface area contributed by atoms with Gasteiger partial charge >= 0.3 is 5.97 Å². The van der Waals surface area contributed by atoms with Crippen LogP contribution in [0.3, 0.4) is 0 Å². The first kappa shape index (κ1) is 10.9. The molecule has 0 atom stereocenters. The van der Waals surface area contributed by atoms with E-state index in [1.54, 1.807) is 6.92 Å². The second kappa shape index (κ2) is 4.12. The van der Waals surface area contributed by atoms with Gasteiger partial charge in [-0.15, -0.1) is 0 Å². The van der Waals surface area contributed by atoms with Crippen molar-refractivity contribution >= 4 is 17.6 Å². The predicted octanol–water partition coefficient (Wildman–Crippen LogP) is 0.997. The Bertz CT molecular complexity index is 556. The van der Waals surface area contributed by atoms with Crippen molar-refractivity contribution in [3.8, 4) is 0 Å². The number of carbonyl (C=O) groups is 2. The van der Waals surface area contributed by atoms with Gasteiger partial charge in [-0.05, 0) is 13.0 Å². The fourth-order valence-corrected chi connectivity index (χ4v) is 1.47. The number of hydrogen-bond donors (Lipinski definition) is 4. The van der Waals surface area contributed by atoms with Crippen molar-refractivity contribution in [3.05, 3.63) is 35.4 Å². The Morgan fingerprint density at radius 1 is 1.47 bits per heavy atom. The van der Waals surface area contributed by atoms with Gasteiger partial charge in [-0.3, -0.25) is 9.89 Å². The molecule has 0 radical (unpaired) electrons. The smallest absolute Gasteiger partial charge is 0.339 e. The number of carbonyl (C=O) groups excluding carboxylic acids is 1. The van der Waals surface area contributed by atoms with Crippen molar-refractivity contribution in [1.82, 2.24) is 15.2 Å². The van der Waals surface area contributed by atoms with Crippen LogP contribution in [0.15, 0.2) is 18.5 Å². The van der Waals surface area contributed by atoms with Crippen LogP contribution in [0.1, 0.15) is 26.5 Å². The molecule has 0 unspecified atom stereocenters. The number of nitrogens with zero attached hydrogens (tertiary/aromatic N) is 1. The molecule has 17 heavy (non-hydrogen) atoms. The zero-order valence-corrected chi connectivity index (χ0v) is 8.94. The van der Waals surface area contributed by atoms with Crippen LogP contribution in [-0.4, -0.2) is 32.2 Å². The molecule has 0 aromatic carbocycles. The SMILES string of the molecule is Cc1[nH]cc(NC(=O)c2ccn[nH]2)c1C(=O)O. The van der Waals surface area contributed by atoms with Crippen LogP contribution in [-0.2, 0) is 0 Å². The number of amides is 1. The summed E-state index contributed by atoms with van der Waals surface area (Å²) in [5.41, 5.74) is 1.03. The first-order valence-corrected chi connectivity index (χ1v) is 4.81. The highest BCUT2D eigenvalue weighted by atomic mass is 16.4. The maximum Gasteiger partial charge on any atom is 0.339 e. The highest BCUT2D eigenvalue weighted by Crippen LogP contribution is 2.19. The van der Waals surface area contributed by atoms with Gasteiger partial charge in [0.25, 0.3) is 5.91 Å². The zero-order chi connectivity index (χ0) is 12.4. The Balaban J connectivity index is 2.25. The van der Waals surface area contributed by atoms with E-state index in [9.17, 15) is 9.59 Å². The number of hydrogen-bond acceptors (Lipinski definition) is 3. The van der Waals surface area contributed by atoms with Gasteiger partial charge in [-0.2, -0.15) is 5.10 Å². The summed E-state index contributed by atoms with van der Waals surface area (Å²) in [4.78, 5) is 25.4. The number of H-pyrrole nitrogens is 2. The van der Waals surface area contributed by atoms with Crippen molar-refractivity contribution in [3.63, 3.8) is 0 Å². The van der Waals surface area contributed by atoms with Crippen LogP contribution in [0.5, 0.6) is 0 Å². The lowest BCUT2D eigenvalue weighted by molar-refractivity contribution is 0.0697. The monoisotopic (exact) mass is 234 g/mol. The van der Waals surface area contributed by atoms with E-state index in [1.165, 1.54) is 18.5 Å². The largest absolute Gasteiger partial charge is 0.478 e. The third-order valence-electron chi connectivity index (χ3n) is 2.28. The number of aromatic nitrogens is 3. The predicted molar refractivity (Wildman–Crippen MR) is 59.0 cm³/mol. The quantitative estimate of drug-likeness (QED) is 0.634. The molecule has 0 aliphatic carbocycles. The summed E-state index contributed by atoms with van der Waals surface area (Å²) in [5.74, 6) is -1.53. The van der Waals surface area contributed by atoms with E-state index in [4.69, 9.17) is 5.11 Å². The number of aryl methyl sites for hydroxylation is 1. The maximum atomic E-state index is 11.7. The molecule has 1 amide bonds. The minimum Gasteiger partial charge on any atom is -0.478 e. The molecule has 2 aromatic rings. The van der Waals surface area contributed by atoms with Crippen LogP contribution in [0.25, 0.3) is 0 Å². The first-order valence-electron chi connectivity index (χ1n) is 4.81. The third-order valence-corrected chi connectivity index (χ3v) is 2.28. The van der Waals surface area contributed by atoms with Gasteiger partial charge in [-0.25, -0.2) is 4.79 Å². The molecule has 7 nitrogen and oxygen atoms in total. The van der Waals surface area contributed by atoms with Crippen molar-refractivity contribution in [2.45, 2.75) is 6.92 Å². The molecule has 2 heterocycles. The molecule has 0 saturated carbocycles. The summed E-state index contributed by atoms with van der Waals surface area (Å²) in [6.07, 6.45) is 2.88. The molecule has 0 spiro atoms. The zero-order valence-electron chi connectivity index (χ0n) is 8.94. The number of aromatic carboxylic acids is 1.